The first-order valence-corrected chi connectivity index (χ1v) is 7.04. The summed E-state index contributed by atoms with van der Waals surface area (Å²) >= 11 is 3.11. The van der Waals surface area contributed by atoms with Crippen LogP contribution in [0, 0.1) is 12.7 Å². The van der Waals surface area contributed by atoms with Crippen molar-refractivity contribution in [2.24, 2.45) is 4.40 Å². The van der Waals surface area contributed by atoms with Gasteiger partial charge in [-0.25, -0.2) is 8.60 Å². The molecule has 0 bridgehead atoms. The van der Waals surface area contributed by atoms with Gasteiger partial charge >= 0.3 is 0 Å². The molecule has 0 amide bonds. The van der Waals surface area contributed by atoms with E-state index in [9.17, 15) is 8.60 Å². The van der Waals surface area contributed by atoms with Crippen LogP contribution in [0.25, 0.3) is 0 Å². The molecule has 0 aromatic heterocycles. The van der Waals surface area contributed by atoms with Crippen molar-refractivity contribution in [3.63, 3.8) is 0 Å². The van der Waals surface area contributed by atoms with Crippen LogP contribution in [0.3, 0.4) is 0 Å². The Kier molecular flexibility index (Phi) is 4.61. The number of halogens is 2. The lowest BCUT2D eigenvalue weighted by Crippen LogP contribution is -2.19. The highest BCUT2D eigenvalue weighted by Gasteiger charge is 2.18. The van der Waals surface area contributed by atoms with Gasteiger partial charge in [0.2, 0.25) is 0 Å². The largest absolute Gasteiger partial charge is 0.234 e. The first-order chi connectivity index (χ1) is 7.73. The molecular formula is C12H15BrFNOS. The SMILES string of the molecule is Cc1c(C=N[S@@](=O)C(C)(C)C)ccc(Br)c1F. The minimum absolute atomic E-state index is 0.310. The van der Waals surface area contributed by atoms with Crippen molar-refractivity contribution in [2.45, 2.75) is 32.4 Å². The summed E-state index contributed by atoms with van der Waals surface area (Å²) in [7, 11) is -1.32. The predicted molar refractivity (Wildman–Crippen MR) is 74.3 cm³/mol. The fraction of sp³-hybridized carbons (Fsp3) is 0.417. The second-order valence-corrected chi connectivity index (χ2v) is 7.46. The average molecular weight is 320 g/mol. The molecule has 0 saturated carbocycles. The normalized spacial score (nSPS) is 14.2. The van der Waals surface area contributed by atoms with Crippen molar-refractivity contribution in [2.75, 3.05) is 0 Å². The third-order valence-corrected chi connectivity index (χ3v) is 4.15. The molecule has 0 aliphatic heterocycles. The third kappa shape index (κ3) is 3.71. The topological polar surface area (TPSA) is 29.4 Å². The zero-order chi connectivity index (χ0) is 13.2. The first-order valence-electron chi connectivity index (χ1n) is 5.14. The Labute approximate surface area is 112 Å². The molecule has 0 unspecified atom stereocenters. The van der Waals surface area contributed by atoms with Crippen molar-refractivity contribution < 1.29 is 8.60 Å². The molecule has 17 heavy (non-hydrogen) atoms. The molecule has 1 aromatic rings. The van der Waals surface area contributed by atoms with Crippen LogP contribution in [0.5, 0.6) is 0 Å². The van der Waals surface area contributed by atoms with Gasteiger partial charge in [-0.3, -0.25) is 0 Å². The van der Waals surface area contributed by atoms with E-state index in [2.05, 4.69) is 20.3 Å². The maximum atomic E-state index is 13.6. The quantitative estimate of drug-likeness (QED) is 0.763. The molecular weight excluding hydrogens is 305 g/mol. The molecule has 1 atom stereocenters. The van der Waals surface area contributed by atoms with Crippen LogP contribution in [0.15, 0.2) is 21.0 Å². The van der Waals surface area contributed by atoms with Gasteiger partial charge in [-0.15, -0.1) is 0 Å². The lowest BCUT2D eigenvalue weighted by Gasteiger charge is -2.13. The standard InChI is InChI=1S/C12H15BrFNOS/c1-8-9(5-6-10(13)11(8)14)7-15-17(16)12(2,3)4/h5-7H,1-4H3/t17-/m0/s1. The van der Waals surface area contributed by atoms with Gasteiger partial charge in [0, 0.05) is 6.21 Å². The van der Waals surface area contributed by atoms with Crippen LogP contribution in [0.4, 0.5) is 4.39 Å². The van der Waals surface area contributed by atoms with E-state index >= 15 is 0 Å². The highest BCUT2D eigenvalue weighted by molar-refractivity contribution is 9.10. The Balaban J connectivity index is 3.02. The number of benzene rings is 1. The minimum Gasteiger partial charge on any atom is -0.234 e. The van der Waals surface area contributed by atoms with Crippen LogP contribution in [-0.4, -0.2) is 15.2 Å². The van der Waals surface area contributed by atoms with E-state index in [1.165, 1.54) is 6.21 Å². The van der Waals surface area contributed by atoms with E-state index in [1.807, 2.05) is 20.8 Å². The maximum Gasteiger partial charge on any atom is 0.144 e. The summed E-state index contributed by atoms with van der Waals surface area (Å²) in [5.41, 5.74) is 1.14. The summed E-state index contributed by atoms with van der Waals surface area (Å²) in [6.07, 6.45) is 1.46. The van der Waals surface area contributed by atoms with Crippen LogP contribution >= 0.6 is 15.9 Å². The van der Waals surface area contributed by atoms with Crippen LogP contribution in [-0.2, 0) is 11.0 Å². The molecule has 94 valence electrons. The number of nitrogens with zero attached hydrogens (tertiary/aromatic N) is 1. The Bertz CT molecular complexity index is 480. The predicted octanol–water partition coefficient (Wildman–Crippen LogP) is 3.78. The molecule has 0 spiro atoms. The fourth-order valence-electron chi connectivity index (χ4n) is 1.07. The van der Waals surface area contributed by atoms with E-state index in [4.69, 9.17) is 0 Å². The maximum absolute atomic E-state index is 13.6. The van der Waals surface area contributed by atoms with Crippen LogP contribution in [0.1, 0.15) is 31.9 Å². The third-order valence-electron chi connectivity index (χ3n) is 2.19. The molecule has 0 radical (unpaired) electrons. The summed E-state index contributed by atoms with van der Waals surface area (Å²) in [5, 5.41) is 0. The van der Waals surface area contributed by atoms with Gasteiger partial charge in [-0.05, 0) is 60.8 Å². The van der Waals surface area contributed by atoms with E-state index in [0.717, 1.165) is 0 Å². The zero-order valence-electron chi connectivity index (χ0n) is 10.3. The molecule has 1 aromatic carbocycles. The molecule has 0 fully saturated rings. The molecule has 0 N–H and O–H groups in total. The van der Waals surface area contributed by atoms with Gasteiger partial charge in [0.1, 0.15) is 16.8 Å². The van der Waals surface area contributed by atoms with E-state index in [1.54, 1.807) is 19.1 Å². The Morgan fingerprint density at radius 2 is 2.00 bits per heavy atom. The number of hydrogen-bond acceptors (Lipinski definition) is 1. The molecule has 0 heterocycles. The molecule has 1 rings (SSSR count). The highest BCUT2D eigenvalue weighted by atomic mass is 79.9. The Morgan fingerprint density at radius 1 is 1.41 bits per heavy atom. The van der Waals surface area contributed by atoms with Crippen molar-refractivity contribution >= 4 is 33.1 Å². The van der Waals surface area contributed by atoms with Crippen LogP contribution < -0.4 is 0 Å². The van der Waals surface area contributed by atoms with Gasteiger partial charge in [0.05, 0.1) is 9.22 Å². The second kappa shape index (κ2) is 5.40. The van der Waals surface area contributed by atoms with E-state index < -0.39 is 15.7 Å². The van der Waals surface area contributed by atoms with Crippen LogP contribution in [0.2, 0.25) is 0 Å². The zero-order valence-corrected chi connectivity index (χ0v) is 12.7. The van der Waals surface area contributed by atoms with Gasteiger partial charge in [-0.2, -0.15) is 4.40 Å². The average Bonchev–Trinajstić information content (AvgIpc) is 2.23. The van der Waals surface area contributed by atoms with Gasteiger partial charge in [-0.1, -0.05) is 6.07 Å². The molecule has 0 aliphatic rings. The summed E-state index contributed by atoms with van der Waals surface area (Å²) in [4.78, 5) is 0. The van der Waals surface area contributed by atoms with E-state index in [0.29, 0.717) is 15.6 Å². The monoisotopic (exact) mass is 319 g/mol. The lowest BCUT2D eigenvalue weighted by molar-refractivity contribution is 0.611. The molecule has 5 heteroatoms. The smallest absolute Gasteiger partial charge is 0.144 e. The number of rotatable bonds is 2. The van der Waals surface area contributed by atoms with E-state index in [-0.39, 0.29) is 5.82 Å². The van der Waals surface area contributed by atoms with Gasteiger partial charge in [0.25, 0.3) is 0 Å². The van der Waals surface area contributed by atoms with Crippen molar-refractivity contribution in [1.29, 1.82) is 0 Å². The summed E-state index contributed by atoms with van der Waals surface area (Å²) in [6.45, 7) is 7.20. The summed E-state index contributed by atoms with van der Waals surface area (Å²) in [6, 6.07) is 3.36. The Hall–Kier alpha value is -0.550. The number of hydrogen-bond donors (Lipinski definition) is 0. The second-order valence-electron chi connectivity index (χ2n) is 4.67. The van der Waals surface area contributed by atoms with Crippen molar-refractivity contribution in [3.05, 3.63) is 33.5 Å². The van der Waals surface area contributed by atoms with Crippen molar-refractivity contribution in [1.82, 2.24) is 0 Å². The first kappa shape index (κ1) is 14.5. The summed E-state index contributed by atoms with van der Waals surface area (Å²) in [5.74, 6) is -0.310. The Morgan fingerprint density at radius 3 is 2.53 bits per heavy atom. The molecule has 2 nitrogen and oxygen atoms in total. The fourth-order valence-corrected chi connectivity index (χ4v) is 2.02. The van der Waals surface area contributed by atoms with Crippen molar-refractivity contribution in [3.8, 4) is 0 Å². The minimum atomic E-state index is -1.32. The molecule has 0 aliphatic carbocycles. The molecule has 0 saturated heterocycles. The van der Waals surface area contributed by atoms with Gasteiger partial charge in [0.15, 0.2) is 0 Å². The van der Waals surface area contributed by atoms with Gasteiger partial charge < -0.3 is 0 Å². The summed E-state index contributed by atoms with van der Waals surface area (Å²) < 4.78 is 29.3. The lowest BCUT2D eigenvalue weighted by atomic mass is 10.1. The highest BCUT2D eigenvalue weighted by Crippen LogP contribution is 2.21.